The third kappa shape index (κ3) is 1.64. The van der Waals surface area contributed by atoms with Gasteiger partial charge in [-0.1, -0.05) is 18.2 Å². The van der Waals surface area contributed by atoms with E-state index in [4.69, 9.17) is 4.74 Å². The van der Waals surface area contributed by atoms with Crippen molar-refractivity contribution in [1.82, 2.24) is 0 Å². The van der Waals surface area contributed by atoms with E-state index in [1.54, 1.807) is 42.3 Å². The van der Waals surface area contributed by atoms with Gasteiger partial charge in [-0.15, -0.1) is 0 Å². The summed E-state index contributed by atoms with van der Waals surface area (Å²) in [6.07, 6.45) is 1.45. The van der Waals surface area contributed by atoms with Crippen LogP contribution in [0.25, 0.3) is 0 Å². The van der Waals surface area contributed by atoms with E-state index in [0.717, 1.165) is 12.8 Å². The van der Waals surface area contributed by atoms with E-state index in [-0.39, 0.29) is 11.7 Å². The molecule has 0 atom stereocenters. The average Bonchev–Trinajstić information content (AvgIpc) is 3.32. The highest BCUT2D eigenvalue weighted by Gasteiger charge is 2.62. The van der Waals surface area contributed by atoms with Crippen LogP contribution in [0.15, 0.2) is 48.5 Å². The Bertz CT molecular complexity index is 778. The molecule has 1 fully saturated rings. The van der Waals surface area contributed by atoms with Crippen LogP contribution >= 0.6 is 0 Å². The van der Waals surface area contributed by atoms with Crippen LogP contribution < -0.4 is 9.64 Å². The minimum absolute atomic E-state index is 0.0330. The van der Waals surface area contributed by atoms with Gasteiger partial charge in [0.15, 0.2) is 5.78 Å². The standard InChI is InChI=1S/C18H15NO3/c1-22-13-7-8-15-14(11-13)16(20)18(9-10-18)19(15)17(21)12-5-3-2-4-6-12/h2-8,11H,9-10H2,1H3. The summed E-state index contributed by atoms with van der Waals surface area (Å²) in [4.78, 5) is 27.3. The van der Waals surface area contributed by atoms with Gasteiger partial charge in [-0.05, 0) is 43.2 Å². The van der Waals surface area contributed by atoms with E-state index in [0.29, 0.717) is 22.6 Å². The van der Waals surface area contributed by atoms with Crippen LogP contribution in [0.2, 0.25) is 0 Å². The largest absolute Gasteiger partial charge is 0.497 e. The number of ketones is 1. The first-order valence-corrected chi connectivity index (χ1v) is 7.30. The third-order valence-corrected chi connectivity index (χ3v) is 4.49. The average molecular weight is 293 g/mol. The van der Waals surface area contributed by atoms with E-state index in [9.17, 15) is 9.59 Å². The Morgan fingerprint density at radius 2 is 1.86 bits per heavy atom. The molecule has 0 aromatic heterocycles. The van der Waals surface area contributed by atoms with Crippen molar-refractivity contribution in [2.45, 2.75) is 18.4 Å². The lowest BCUT2D eigenvalue weighted by molar-refractivity contribution is 0.0903. The number of hydrogen-bond donors (Lipinski definition) is 0. The second-order valence-corrected chi connectivity index (χ2v) is 5.75. The Morgan fingerprint density at radius 3 is 2.50 bits per heavy atom. The first kappa shape index (κ1) is 13.1. The van der Waals surface area contributed by atoms with Crippen LogP contribution in [0.5, 0.6) is 5.75 Å². The molecule has 4 rings (SSSR count). The minimum atomic E-state index is -0.665. The van der Waals surface area contributed by atoms with Crippen LogP contribution in [-0.2, 0) is 0 Å². The second kappa shape index (κ2) is 4.44. The number of Topliss-reactive ketones (excluding diaryl/α,β-unsaturated/α-hetero) is 1. The van der Waals surface area contributed by atoms with Crippen LogP contribution in [0, 0.1) is 0 Å². The number of benzene rings is 2. The fourth-order valence-corrected chi connectivity index (χ4v) is 3.18. The second-order valence-electron chi connectivity index (χ2n) is 5.75. The normalized spacial score (nSPS) is 17.5. The zero-order valence-electron chi connectivity index (χ0n) is 12.2. The maximum absolute atomic E-state index is 12.9. The Morgan fingerprint density at radius 1 is 1.14 bits per heavy atom. The summed E-state index contributed by atoms with van der Waals surface area (Å²) >= 11 is 0. The smallest absolute Gasteiger partial charge is 0.259 e. The molecule has 110 valence electrons. The first-order chi connectivity index (χ1) is 10.7. The quantitative estimate of drug-likeness (QED) is 0.855. The highest BCUT2D eigenvalue weighted by molar-refractivity contribution is 6.25. The molecule has 2 aromatic rings. The van der Waals surface area contributed by atoms with E-state index >= 15 is 0 Å². The molecule has 22 heavy (non-hydrogen) atoms. The van der Waals surface area contributed by atoms with Crippen molar-refractivity contribution in [3.05, 3.63) is 59.7 Å². The number of carbonyl (C=O) groups is 2. The van der Waals surface area contributed by atoms with Crippen molar-refractivity contribution in [3.8, 4) is 5.75 Å². The summed E-state index contributed by atoms with van der Waals surface area (Å²) in [5.74, 6) is 0.554. The zero-order chi connectivity index (χ0) is 15.3. The molecule has 2 aromatic carbocycles. The molecule has 1 amide bonds. The number of methoxy groups -OCH3 is 1. The number of rotatable bonds is 2. The van der Waals surface area contributed by atoms with E-state index in [1.807, 2.05) is 18.2 Å². The number of amides is 1. The van der Waals surface area contributed by atoms with Crippen molar-refractivity contribution >= 4 is 17.4 Å². The lowest BCUT2D eigenvalue weighted by Crippen LogP contribution is -2.42. The molecule has 4 heteroatoms. The van der Waals surface area contributed by atoms with Crippen LogP contribution in [0.3, 0.4) is 0 Å². The fraction of sp³-hybridized carbons (Fsp3) is 0.222. The van der Waals surface area contributed by atoms with Gasteiger partial charge in [0.05, 0.1) is 12.8 Å². The molecular weight excluding hydrogens is 278 g/mol. The molecule has 0 saturated heterocycles. The Balaban J connectivity index is 1.84. The number of nitrogens with zero attached hydrogens (tertiary/aromatic N) is 1. The zero-order valence-corrected chi connectivity index (χ0v) is 12.2. The van der Waals surface area contributed by atoms with Crippen molar-refractivity contribution in [2.24, 2.45) is 0 Å². The molecule has 1 spiro atoms. The van der Waals surface area contributed by atoms with Gasteiger partial charge in [0.25, 0.3) is 5.91 Å². The molecule has 1 heterocycles. The van der Waals surface area contributed by atoms with Crippen molar-refractivity contribution in [3.63, 3.8) is 0 Å². The molecule has 2 aliphatic rings. The Labute approximate surface area is 128 Å². The predicted molar refractivity (Wildman–Crippen MR) is 82.5 cm³/mol. The summed E-state index contributed by atoms with van der Waals surface area (Å²) < 4.78 is 5.20. The van der Waals surface area contributed by atoms with Crippen molar-refractivity contribution < 1.29 is 14.3 Å². The first-order valence-electron chi connectivity index (χ1n) is 7.30. The molecular formula is C18H15NO3. The number of hydrogen-bond acceptors (Lipinski definition) is 3. The summed E-state index contributed by atoms with van der Waals surface area (Å²) in [7, 11) is 1.57. The highest BCUT2D eigenvalue weighted by atomic mass is 16.5. The molecule has 1 aliphatic carbocycles. The van der Waals surface area contributed by atoms with Crippen molar-refractivity contribution in [2.75, 3.05) is 12.0 Å². The molecule has 0 bridgehead atoms. The number of fused-ring (bicyclic) bond motifs is 1. The summed E-state index contributed by atoms with van der Waals surface area (Å²) in [6, 6.07) is 14.4. The van der Waals surface area contributed by atoms with Gasteiger partial charge in [0.2, 0.25) is 0 Å². The maximum atomic E-state index is 12.9. The van der Waals surface area contributed by atoms with Gasteiger partial charge >= 0.3 is 0 Å². The molecule has 0 unspecified atom stereocenters. The monoisotopic (exact) mass is 293 g/mol. The van der Waals surface area contributed by atoms with Gasteiger partial charge < -0.3 is 4.74 Å². The Hall–Kier alpha value is -2.62. The van der Waals surface area contributed by atoms with Gasteiger partial charge in [-0.25, -0.2) is 0 Å². The molecule has 1 saturated carbocycles. The topological polar surface area (TPSA) is 46.6 Å². The summed E-state index contributed by atoms with van der Waals surface area (Å²) in [5, 5.41) is 0. The summed E-state index contributed by atoms with van der Waals surface area (Å²) in [5.41, 5.74) is 1.21. The van der Waals surface area contributed by atoms with Crippen LogP contribution in [-0.4, -0.2) is 24.3 Å². The third-order valence-electron chi connectivity index (χ3n) is 4.49. The van der Waals surface area contributed by atoms with Gasteiger partial charge in [-0.3, -0.25) is 14.5 Å². The van der Waals surface area contributed by atoms with Crippen LogP contribution in [0.4, 0.5) is 5.69 Å². The predicted octanol–water partition coefficient (Wildman–Crippen LogP) is 3.07. The highest BCUT2D eigenvalue weighted by Crippen LogP contribution is 2.54. The molecule has 1 aliphatic heterocycles. The number of carbonyl (C=O) groups excluding carboxylic acids is 2. The molecule has 0 radical (unpaired) electrons. The van der Waals surface area contributed by atoms with E-state index in [2.05, 4.69) is 0 Å². The SMILES string of the molecule is COc1ccc2c(c1)C(=O)C1(CC1)N2C(=O)c1ccccc1. The summed E-state index contributed by atoms with van der Waals surface area (Å²) in [6.45, 7) is 0. The van der Waals surface area contributed by atoms with Crippen LogP contribution in [0.1, 0.15) is 33.6 Å². The van der Waals surface area contributed by atoms with Gasteiger partial charge in [0, 0.05) is 11.1 Å². The number of ether oxygens (including phenoxy) is 1. The van der Waals surface area contributed by atoms with E-state index < -0.39 is 5.54 Å². The number of anilines is 1. The molecule has 4 nitrogen and oxygen atoms in total. The maximum Gasteiger partial charge on any atom is 0.259 e. The minimum Gasteiger partial charge on any atom is -0.497 e. The van der Waals surface area contributed by atoms with E-state index in [1.165, 1.54) is 0 Å². The lowest BCUT2D eigenvalue weighted by atomic mass is 10.1. The van der Waals surface area contributed by atoms with Gasteiger partial charge in [-0.2, -0.15) is 0 Å². The Kier molecular flexibility index (Phi) is 2.64. The van der Waals surface area contributed by atoms with Gasteiger partial charge in [0.1, 0.15) is 11.3 Å². The van der Waals surface area contributed by atoms with Crippen molar-refractivity contribution in [1.29, 1.82) is 0 Å². The fourth-order valence-electron chi connectivity index (χ4n) is 3.18. The lowest BCUT2D eigenvalue weighted by Gasteiger charge is -2.24. The molecule has 0 N–H and O–H groups in total.